The molecule has 1 aliphatic heterocycles. The quantitative estimate of drug-likeness (QED) is 0.149. The molecular weight excluding hydrogens is 882 g/mol. The molecule has 0 fully saturated rings. The number of fused-ring (bicyclic) bond motifs is 6. The SMILES string of the molecule is [Pt].[c-]1c(Oc2[c-]c3c(cc2)c2ccccc2n3-c2cc3c(cn2)c2ccccc2n3-c2ccccc2)cccc1N1C=C(c2ccccc2)N(c2ccccc2)[CH-]1. The van der Waals surface area contributed by atoms with Crippen molar-refractivity contribution in [3.63, 3.8) is 0 Å². The molecule has 7 heteroatoms. The van der Waals surface area contributed by atoms with Crippen LogP contribution in [0.15, 0.2) is 188 Å². The first-order valence-corrected chi connectivity index (χ1v) is 18.6. The van der Waals surface area contributed by atoms with Gasteiger partial charge >= 0.3 is 0 Å². The Kier molecular flexibility index (Phi) is 8.69. The summed E-state index contributed by atoms with van der Waals surface area (Å²) < 4.78 is 11.1. The van der Waals surface area contributed by atoms with Crippen LogP contribution in [0, 0.1) is 18.8 Å². The van der Waals surface area contributed by atoms with Gasteiger partial charge in [-0.1, -0.05) is 109 Å². The summed E-state index contributed by atoms with van der Waals surface area (Å²) in [6.07, 6.45) is 4.13. The predicted molar refractivity (Wildman–Crippen MR) is 227 cm³/mol. The van der Waals surface area contributed by atoms with Gasteiger partial charge in [0, 0.05) is 78.2 Å². The van der Waals surface area contributed by atoms with Crippen molar-refractivity contribution in [2.45, 2.75) is 0 Å². The van der Waals surface area contributed by atoms with E-state index in [1.165, 1.54) is 5.39 Å². The zero-order valence-corrected chi connectivity index (χ0v) is 32.7. The van der Waals surface area contributed by atoms with Crippen LogP contribution in [0.4, 0.5) is 11.4 Å². The average molecular weight is 914 g/mol. The number of benzene rings is 7. The monoisotopic (exact) mass is 913 g/mol. The second-order valence-electron chi connectivity index (χ2n) is 13.8. The molecule has 0 radical (unpaired) electrons. The normalized spacial score (nSPS) is 12.7. The van der Waals surface area contributed by atoms with Gasteiger partial charge in [-0.3, -0.25) is 0 Å². The van der Waals surface area contributed by atoms with Gasteiger partial charge in [-0.2, -0.15) is 12.1 Å². The minimum Gasteiger partial charge on any atom is -0.509 e. The van der Waals surface area contributed by atoms with E-state index < -0.39 is 0 Å². The number of para-hydroxylation sites is 4. The maximum absolute atomic E-state index is 6.56. The molecule has 0 N–H and O–H groups in total. The number of hydrogen-bond donors (Lipinski definition) is 0. The number of hydrogen-bond acceptors (Lipinski definition) is 4. The zero-order chi connectivity index (χ0) is 37.0. The molecular formula is C50H32N5OPt-3. The third-order valence-corrected chi connectivity index (χ3v) is 10.5. The second-order valence-corrected chi connectivity index (χ2v) is 13.8. The zero-order valence-electron chi connectivity index (χ0n) is 30.4. The molecule has 7 aromatic carbocycles. The van der Waals surface area contributed by atoms with E-state index in [2.05, 4.69) is 183 Å². The third-order valence-electron chi connectivity index (χ3n) is 10.5. The number of anilines is 2. The van der Waals surface area contributed by atoms with Crippen molar-refractivity contribution >= 4 is 60.7 Å². The molecule has 0 unspecified atom stereocenters. The Bertz CT molecular complexity index is 3100. The first-order valence-electron chi connectivity index (χ1n) is 18.6. The second kappa shape index (κ2) is 14.3. The molecule has 6 nitrogen and oxygen atoms in total. The van der Waals surface area contributed by atoms with Crippen LogP contribution in [-0.4, -0.2) is 14.1 Å². The Morgan fingerprint density at radius 3 is 1.89 bits per heavy atom. The minimum atomic E-state index is 0. The maximum atomic E-state index is 6.56. The van der Waals surface area contributed by atoms with E-state index in [1.807, 2.05) is 42.6 Å². The van der Waals surface area contributed by atoms with Crippen molar-refractivity contribution in [3.8, 4) is 23.0 Å². The molecule has 0 bridgehead atoms. The summed E-state index contributed by atoms with van der Waals surface area (Å²) >= 11 is 0. The molecule has 0 atom stereocenters. The van der Waals surface area contributed by atoms with Crippen LogP contribution in [0.5, 0.6) is 11.5 Å². The van der Waals surface area contributed by atoms with Gasteiger partial charge in [0.2, 0.25) is 0 Å². The number of rotatable bonds is 7. The number of ether oxygens (including phenoxy) is 1. The molecule has 0 amide bonds. The average Bonchev–Trinajstić information content (AvgIpc) is 3.95. The van der Waals surface area contributed by atoms with Gasteiger partial charge in [0.05, 0.1) is 11.0 Å². The number of nitrogens with zero attached hydrogens (tertiary/aromatic N) is 5. The van der Waals surface area contributed by atoms with Crippen LogP contribution >= 0.6 is 0 Å². The van der Waals surface area contributed by atoms with Gasteiger partial charge in [0.1, 0.15) is 5.82 Å². The fourth-order valence-electron chi connectivity index (χ4n) is 7.93. The van der Waals surface area contributed by atoms with Gasteiger partial charge in [0.25, 0.3) is 0 Å². The van der Waals surface area contributed by atoms with E-state index in [-0.39, 0.29) is 21.1 Å². The van der Waals surface area contributed by atoms with E-state index in [1.54, 1.807) is 0 Å². The van der Waals surface area contributed by atoms with Crippen LogP contribution < -0.4 is 14.5 Å². The van der Waals surface area contributed by atoms with E-state index >= 15 is 0 Å². The summed E-state index contributed by atoms with van der Waals surface area (Å²) in [7, 11) is 0. The van der Waals surface area contributed by atoms with Gasteiger partial charge in [-0.05, 0) is 53.5 Å². The Labute approximate surface area is 344 Å². The topological polar surface area (TPSA) is 38.5 Å². The predicted octanol–water partition coefficient (Wildman–Crippen LogP) is 12.1. The van der Waals surface area contributed by atoms with Gasteiger partial charge in [-0.15, -0.1) is 48.1 Å². The molecule has 0 aliphatic carbocycles. The van der Waals surface area contributed by atoms with Crippen molar-refractivity contribution in [3.05, 3.63) is 213 Å². The molecule has 0 spiro atoms. The molecule has 0 saturated heterocycles. The number of aromatic nitrogens is 3. The van der Waals surface area contributed by atoms with Gasteiger partial charge in [0.15, 0.2) is 0 Å². The minimum absolute atomic E-state index is 0. The molecule has 4 heterocycles. The van der Waals surface area contributed by atoms with Crippen molar-refractivity contribution in [1.29, 1.82) is 0 Å². The first kappa shape index (κ1) is 34.6. The Morgan fingerprint density at radius 2 is 1.14 bits per heavy atom. The standard InChI is InChI=1S/C50H32N5O.Pt/c1-4-15-35(16-5-1)49-33-52(34-53(49)36-17-6-2-7-18-36)38-21-14-22-39(29-38)56-40-27-28-43-41-23-10-13-26-46(41)55(47(43)30-40)50-31-48-44(32-51-50)42-24-11-12-25-45(42)54(48)37-19-8-3-9-20-37;/h1-28,31-34H;/q-3;. The van der Waals surface area contributed by atoms with Gasteiger partial charge < -0.3 is 23.7 Å². The summed E-state index contributed by atoms with van der Waals surface area (Å²) in [6.45, 7) is 2.09. The van der Waals surface area contributed by atoms with Crippen LogP contribution in [-0.2, 0) is 21.1 Å². The van der Waals surface area contributed by atoms with E-state index in [4.69, 9.17) is 9.72 Å². The number of pyridine rings is 1. The summed E-state index contributed by atoms with van der Waals surface area (Å²) in [6, 6.07) is 67.7. The van der Waals surface area contributed by atoms with Crippen LogP contribution in [0.3, 0.4) is 0 Å². The summed E-state index contributed by atoms with van der Waals surface area (Å²) in [5, 5.41) is 4.46. The summed E-state index contributed by atoms with van der Waals surface area (Å²) in [5.74, 6) is 1.99. The fraction of sp³-hybridized carbons (Fsp3) is 0. The molecule has 1 aliphatic rings. The molecule has 11 rings (SSSR count). The Hall–Kier alpha value is -6.88. The third kappa shape index (κ3) is 5.97. The fourth-order valence-corrected chi connectivity index (χ4v) is 7.93. The maximum Gasteiger partial charge on any atom is 0.137 e. The van der Waals surface area contributed by atoms with Crippen molar-refractivity contribution in [2.75, 3.05) is 9.80 Å². The van der Waals surface area contributed by atoms with E-state index in [0.717, 1.165) is 72.4 Å². The van der Waals surface area contributed by atoms with Crippen molar-refractivity contribution in [1.82, 2.24) is 14.1 Å². The summed E-state index contributed by atoms with van der Waals surface area (Å²) in [5.41, 5.74) is 9.38. The summed E-state index contributed by atoms with van der Waals surface area (Å²) in [4.78, 5) is 9.38. The van der Waals surface area contributed by atoms with Crippen LogP contribution in [0.1, 0.15) is 5.56 Å². The molecule has 0 saturated carbocycles. The molecule has 57 heavy (non-hydrogen) atoms. The Morgan fingerprint density at radius 1 is 0.509 bits per heavy atom. The molecule has 3 aromatic heterocycles. The molecule has 10 aromatic rings. The van der Waals surface area contributed by atoms with Crippen molar-refractivity contribution in [2.24, 2.45) is 0 Å². The smallest absolute Gasteiger partial charge is 0.137 e. The van der Waals surface area contributed by atoms with Crippen LogP contribution in [0.25, 0.3) is 60.8 Å². The van der Waals surface area contributed by atoms with Gasteiger partial charge in [-0.25, -0.2) is 4.98 Å². The Balaban J connectivity index is 0.00000396. The van der Waals surface area contributed by atoms with Crippen LogP contribution in [0.2, 0.25) is 0 Å². The molecule has 276 valence electrons. The van der Waals surface area contributed by atoms with E-state index in [0.29, 0.717) is 11.5 Å². The first-order chi connectivity index (χ1) is 27.8. The largest absolute Gasteiger partial charge is 0.509 e. The van der Waals surface area contributed by atoms with E-state index in [9.17, 15) is 0 Å². The van der Waals surface area contributed by atoms with Crippen molar-refractivity contribution < 1.29 is 25.8 Å².